The van der Waals surface area contributed by atoms with E-state index in [9.17, 15) is 5.11 Å². The van der Waals surface area contributed by atoms with Crippen LogP contribution in [0.3, 0.4) is 0 Å². The second kappa shape index (κ2) is 9.40. The molecule has 1 saturated heterocycles. The zero-order valence-electron chi connectivity index (χ0n) is 20.0. The van der Waals surface area contributed by atoms with Gasteiger partial charge in [-0.3, -0.25) is 4.90 Å². The summed E-state index contributed by atoms with van der Waals surface area (Å²) in [7, 11) is 0. The maximum atomic E-state index is 9.84. The minimum atomic E-state index is -0.00754. The Bertz CT molecular complexity index is 1070. The standard InChI is InChI=1S/C28H36N4O/c1-28(2,20-33)24-9-6-14-31(18-24)17-23-12-13-26(16-27(23)22-10-11-22)32-19-25(29-30-32)15-21-7-4-3-5-8-21/h3-5,7-8,12-13,16,19,22,24,33H,6,9-11,14-15,17-18,20H2,1-2H3/t24-/m0/s1. The van der Waals surface area contributed by atoms with E-state index < -0.39 is 0 Å². The first-order chi connectivity index (χ1) is 16.0. The topological polar surface area (TPSA) is 54.2 Å². The minimum Gasteiger partial charge on any atom is -0.396 e. The van der Waals surface area contributed by atoms with E-state index in [2.05, 4.69) is 77.7 Å². The van der Waals surface area contributed by atoms with Gasteiger partial charge >= 0.3 is 0 Å². The third-order valence-electron chi connectivity index (χ3n) is 7.59. The zero-order valence-corrected chi connectivity index (χ0v) is 20.0. The third-order valence-corrected chi connectivity index (χ3v) is 7.59. The normalized spacial score (nSPS) is 19.7. The molecule has 1 atom stereocenters. The molecule has 2 aliphatic rings. The van der Waals surface area contributed by atoms with Crippen LogP contribution in [0.1, 0.15) is 67.8 Å². The van der Waals surface area contributed by atoms with Gasteiger partial charge in [0.05, 0.1) is 17.6 Å². The number of likely N-dealkylation sites (tertiary alicyclic amines) is 1. The van der Waals surface area contributed by atoms with Gasteiger partial charge in [-0.25, -0.2) is 4.68 Å². The van der Waals surface area contributed by atoms with Gasteiger partial charge in [-0.2, -0.15) is 0 Å². The molecule has 2 heterocycles. The molecule has 5 nitrogen and oxygen atoms in total. The molecule has 0 bridgehead atoms. The van der Waals surface area contributed by atoms with E-state index in [1.165, 1.54) is 42.4 Å². The Morgan fingerprint density at radius 3 is 2.64 bits per heavy atom. The quantitative estimate of drug-likeness (QED) is 0.533. The van der Waals surface area contributed by atoms with Crippen molar-refractivity contribution in [3.05, 3.63) is 77.1 Å². The van der Waals surface area contributed by atoms with Gasteiger partial charge in [0.25, 0.3) is 0 Å². The van der Waals surface area contributed by atoms with Gasteiger partial charge in [0.1, 0.15) is 0 Å². The minimum absolute atomic E-state index is 0.00754. The molecule has 2 fully saturated rings. The van der Waals surface area contributed by atoms with E-state index in [1.807, 2.05) is 10.7 Å². The predicted molar refractivity (Wildman–Crippen MR) is 131 cm³/mol. The van der Waals surface area contributed by atoms with E-state index in [0.29, 0.717) is 11.8 Å². The third kappa shape index (κ3) is 5.20. The molecule has 0 amide bonds. The predicted octanol–water partition coefficient (Wildman–Crippen LogP) is 4.97. The van der Waals surface area contributed by atoms with E-state index in [0.717, 1.165) is 37.4 Å². The van der Waals surface area contributed by atoms with Crippen LogP contribution in [0.4, 0.5) is 0 Å². The number of hydrogen-bond donors (Lipinski definition) is 1. The van der Waals surface area contributed by atoms with Gasteiger partial charge in [0.2, 0.25) is 0 Å². The van der Waals surface area contributed by atoms with Crippen molar-refractivity contribution >= 4 is 0 Å². The summed E-state index contributed by atoms with van der Waals surface area (Å²) >= 11 is 0. The fraction of sp³-hybridized carbons (Fsp3) is 0.500. The van der Waals surface area contributed by atoms with Crippen LogP contribution in [0.15, 0.2) is 54.7 Å². The molecule has 33 heavy (non-hydrogen) atoms. The summed E-state index contributed by atoms with van der Waals surface area (Å²) in [5.74, 6) is 1.24. The molecular weight excluding hydrogens is 408 g/mol. The van der Waals surface area contributed by atoms with E-state index in [1.54, 1.807) is 0 Å². The fourth-order valence-corrected chi connectivity index (χ4v) is 5.16. The zero-order chi connectivity index (χ0) is 22.8. The highest BCUT2D eigenvalue weighted by molar-refractivity contribution is 5.43. The Morgan fingerprint density at radius 1 is 1.06 bits per heavy atom. The van der Waals surface area contributed by atoms with E-state index in [-0.39, 0.29) is 12.0 Å². The van der Waals surface area contributed by atoms with E-state index >= 15 is 0 Å². The Balaban J connectivity index is 1.32. The highest BCUT2D eigenvalue weighted by Gasteiger charge is 2.33. The van der Waals surface area contributed by atoms with Gasteiger partial charge in [-0.1, -0.05) is 55.5 Å². The van der Waals surface area contributed by atoms with Gasteiger partial charge in [-0.15, -0.1) is 5.10 Å². The number of aromatic nitrogens is 3. The summed E-state index contributed by atoms with van der Waals surface area (Å²) < 4.78 is 1.93. The summed E-state index contributed by atoms with van der Waals surface area (Å²) in [5.41, 5.74) is 6.27. The van der Waals surface area contributed by atoms with Crippen LogP contribution in [-0.4, -0.2) is 44.7 Å². The number of hydrogen-bond acceptors (Lipinski definition) is 4. The van der Waals surface area contributed by atoms with Crippen molar-refractivity contribution in [1.82, 2.24) is 19.9 Å². The van der Waals surface area contributed by atoms with Crippen molar-refractivity contribution in [2.24, 2.45) is 11.3 Å². The lowest BCUT2D eigenvalue weighted by atomic mass is 9.75. The molecular formula is C28H36N4O. The summed E-state index contributed by atoms with van der Waals surface area (Å²) in [6.07, 6.45) is 7.87. The molecule has 1 aromatic heterocycles. The monoisotopic (exact) mass is 444 g/mol. The number of rotatable bonds is 8. The average Bonchev–Trinajstić information content (AvgIpc) is 3.58. The van der Waals surface area contributed by atoms with Crippen molar-refractivity contribution in [3.8, 4) is 5.69 Å². The molecule has 1 saturated carbocycles. The highest BCUT2D eigenvalue weighted by Crippen LogP contribution is 2.43. The van der Waals surface area contributed by atoms with Gasteiger partial charge in [0.15, 0.2) is 0 Å². The van der Waals surface area contributed by atoms with Crippen LogP contribution < -0.4 is 0 Å². The number of piperidine rings is 1. The van der Waals surface area contributed by atoms with Crippen LogP contribution >= 0.6 is 0 Å². The number of aliphatic hydroxyl groups is 1. The van der Waals surface area contributed by atoms with Crippen LogP contribution in [0.5, 0.6) is 0 Å². The second-order valence-electron chi connectivity index (χ2n) is 10.7. The number of nitrogens with zero attached hydrogens (tertiary/aromatic N) is 4. The average molecular weight is 445 g/mol. The molecule has 1 aliphatic carbocycles. The molecule has 3 aromatic rings. The first kappa shape index (κ1) is 22.3. The molecule has 174 valence electrons. The SMILES string of the molecule is CC(C)(CO)[C@H]1CCCN(Cc2ccc(-n3cc(Cc4ccccc4)nn3)cc2C2CC2)C1. The van der Waals surface area contributed by atoms with Crippen molar-refractivity contribution in [3.63, 3.8) is 0 Å². The van der Waals surface area contributed by atoms with Crippen molar-refractivity contribution in [2.45, 2.75) is 58.4 Å². The molecule has 1 N–H and O–H groups in total. The Morgan fingerprint density at radius 2 is 1.88 bits per heavy atom. The molecule has 5 rings (SSSR count). The second-order valence-corrected chi connectivity index (χ2v) is 10.7. The maximum Gasteiger partial charge on any atom is 0.0875 e. The first-order valence-electron chi connectivity index (χ1n) is 12.4. The van der Waals surface area contributed by atoms with Crippen LogP contribution in [-0.2, 0) is 13.0 Å². The molecule has 1 aliphatic heterocycles. The molecule has 0 radical (unpaired) electrons. The summed E-state index contributed by atoms with van der Waals surface area (Å²) in [6.45, 7) is 7.89. The summed E-state index contributed by atoms with van der Waals surface area (Å²) in [6, 6.07) is 17.3. The van der Waals surface area contributed by atoms with Crippen molar-refractivity contribution < 1.29 is 5.11 Å². The Kier molecular flexibility index (Phi) is 6.35. The van der Waals surface area contributed by atoms with Gasteiger partial charge in [-0.05, 0) is 78.3 Å². The van der Waals surface area contributed by atoms with Crippen LogP contribution in [0.2, 0.25) is 0 Å². The molecule has 0 unspecified atom stereocenters. The Labute approximate surface area is 197 Å². The van der Waals surface area contributed by atoms with Crippen LogP contribution in [0, 0.1) is 11.3 Å². The van der Waals surface area contributed by atoms with Gasteiger partial charge < -0.3 is 5.11 Å². The van der Waals surface area contributed by atoms with Crippen molar-refractivity contribution in [2.75, 3.05) is 19.7 Å². The summed E-state index contributed by atoms with van der Waals surface area (Å²) in [5, 5.41) is 18.7. The largest absolute Gasteiger partial charge is 0.396 e. The lowest BCUT2D eigenvalue weighted by molar-refractivity contribution is 0.0381. The number of aliphatic hydroxyl groups excluding tert-OH is 1. The summed E-state index contributed by atoms with van der Waals surface area (Å²) in [4.78, 5) is 2.60. The van der Waals surface area contributed by atoms with Gasteiger partial charge in [0, 0.05) is 26.1 Å². The maximum absolute atomic E-state index is 9.84. The smallest absolute Gasteiger partial charge is 0.0875 e. The lowest BCUT2D eigenvalue weighted by Crippen LogP contribution is -2.42. The lowest BCUT2D eigenvalue weighted by Gasteiger charge is -2.41. The highest BCUT2D eigenvalue weighted by atomic mass is 16.3. The van der Waals surface area contributed by atoms with Crippen LogP contribution in [0.25, 0.3) is 5.69 Å². The van der Waals surface area contributed by atoms with Crippen molar-refractivity contribution in [1.29, 1.82) is 0 Å². The molecule has 5 heteroatoms. The van der Waals surface area contributed by atoms with E-state index in [4.69, 9.17) is 0 Å². The molecule has 0 spiro atoms. The molecule has 2 aromatic carbocycles. The fourth-order valence-electron chi connectivity index (χ4n) is 5.16. The number of benzene rings is 2. The first-order valence-corrected chi connectivity index (χ1v) is 12.4. The Hall–Kier alpha value is -2.50.